The van der Waals surface area contributed by atoms with E-state index in [1.54, 1.807) is 0 Å². The SMILES string of the molecule is C=C(C)C(C)N(C)C(C)=CC. The molecule has 1 unspecified atom stereocenters. The van der Waals surface area contributed by atoms with Gasteiger partial charge in [0.2, 0.25) is 0 Å². The molecule has 0 aromatic rings. The van der Waals surface area contributed by atoms with Crippen LogP contribution < -0.4 is 0 Å². The topological polar surface area (TPSA) is 3.24 Å². The van der Waals surface area contributed by atoms with E-state index in [4.69, 9.17) is 0 Å². The van der Waals surface area contributed by atoms with Crippen LogP contribution in [0.3, 0.4) is 0 Å². The third kappa shape index (κ3) is 2.79. The van der Waals surface area contributed by atoms with E-state index in [1.807, 2.05) is 0 Å². The summed E-state index contributed by atoms with van der Waals surface area (Å²) >= 11 is 0. The fourth-order valence-electron chi connectivity index (χ4n) is 0.840. The number of rotatable bonds is 3. The van der Waals surface area contributed by atoms with E-state index in [-0.39, 0.29) is 0 Å². The minimum Gasteiger partial charge on any atom is -0.372 e. The largest absolute Gasteiger partial charge is 0.372 e. The maximum Gasteiger partial charge on any atom is 0.0462 e. The standard InChI is InChI=1S/C10H19N/c1-7-9(4)11(6)10(5)8(2)3/h7,10H,2H2,1,3-6H3. The Morgan fingerprint density at radius 3 is 2.18 bits per heavy atom. The molecule has 0 saturated heterocycles. The zero-order valence-corrected chi connectivity index (χ0v) is 8.31. The summed E-state index contributed by atoms with van der Waals surface area (Å²) in [6.07, 6.45) is 2.11. The molecule has 0 bridgehead atoms. The van der Waals surface area contributed by atoms with Crippen molar-refractivity contribution in [3.63, 3.8) is 0 Å². The highest BCUT2D eigenvalue weighted by molar-refractivity contribution is 5.06. The molecule has 0 aliphatic rings. The molecular weight excluding hydrogens is 134 g/mol. The van der Waals surface area contributed by atoms with Crippen molar-refractivity contribution in [3.8, 4) is 0 Å². The summed E-state index contributed by atoms with van der Waals surface area (Å²) in [5.41, 5.74) is 2.49. The van der Waals surface area contributed by atoms with Gasteiger partial charge < -0.3 is 4.90 Å². The molecule has 0 rings (SSSR count). The van der Waals surface area contributed by atoms with Crippen LogP contribution in [-0.2, 0) is 0 Å². The summed E-state index contributed by atoms with van der Waals surface area (Å²) in [4.78, 5) is 2.22. The van der Waals surface area contributed by atoms with Crippen LogP contribution >= 0.6 is 0 Å². The van der Waals surface area contributed by atoms with E-state index < -0.39 is 0 Å². The summed E-state index contributed by atoms with van der Waals surface area (Å²) < 4.78 is 0. The van der Waals surface area contributed by atoms with E-state index in [0.29, 0.717) is 6.04 Å². The summed E-state index contributed by atoms with van der Waals surface area (Å²) in [5.74, 6) is 0. The van der Waals surface area contributed by atoms with E-state index in [9.17, 15) is 0 Å². The first kappa shape index (κ1) is 10.3. The maximum atomic E-state index is 3.92. The molecule has 0 aromatic heterocycles. The van der Waals surface area contributed by atoms with E-state index in [2.05, 4.69) is 52.3 Å². The third-order valence-corrected chi connectivity index (χ3v) is 2.27. The molecule has 1 nitrogen and oxygen atoms in total. The highest BCUT2D eigenvalue weighted by Crippen LogP contribution is 2.11. The molecule has 0 aliphatic carbocycles. The molecule has 64 valence electrons. The van der Waals surface area contributed by atoms with Gasteiger partial charge in [-0.1, -0.05) is 18.2 Å². The minimum absolute atomic E-state index is 0.436. The molecule has 0 aliphatic heterocycles. The highest BCUT2D eigenvalue weighted by Gasteiger charge is 2.08. The molecule has 1 atom stereocenters. The normalized spacial score (nSPS) is 14.5. The van der Waals surface area contributed by atoms with Gasteiger partial charge in [-0.2, -0.15) is 0 Å². The van der Waals surface area contributed by atoms with Crippen molar-refractivity contribution in [2.24, 2.45) is 0 Å². The number of nitrogens with zero attached hydrogens (tertiary/aromatic N) is 1. The second-order valence-electron chi connectivity index (χ2n) is 3.06. The summed E-state index contributed by atoms with van der Waals surface area (Å²) in [5, 5.41) is 0. The number of hydrogen-bond acceptors (Lipinski definition) is 1. The van der Waals surface area contributed by atoms with E-state index in [0.717, 1.165) is 0 Å². The molecule has 0 saturated carbocycles. The molecule has 0 fully saturated rings. The molecule has 0 amide bonds. The molecule has 0 spiro atoms. The van der Waals surface area contributed by atoms with Crippen molar-refractivity contribution in [2.45, 2.75) is 33.7 Å². The lowest BCUT2D eigenvalue weighted by molar-refractivity contribution is 0.360. The van der Waals surface area contributed by atoms with E-state index >= 15 is 0 Å². The second-order valence-corrected chi connectivity index (χ2v) is 3.06. The van der Waals surface area contributed by atoms with E-state index in [1.165, 1.54) is 11.3 Å². The Morgan fingerprint density at radius 1 is 1.45 bits per heavy atom. The van der Waals surface area contributed by atoms with Gasteiger partial charge in [-0.25, -0.2) is 0 Å². The minimum atomic E-state index is 0.436. The Labute approximate surface area is 70.4 Å². The molecule has 11 heavy (non-hydrogen) atoms. The Hall–Kier alpha value is -0.720. The van der Waals surface area contributed by atoms with Crippen LogP contribution in [0.1, 0.15) is 27.7 Å². The zero-order chi connectivity index (χ0) is 9.02. The van der Waals surface area contributed by atoms with Crippen LogP contribution in [0.2, 0.25) is 0 Å². The Kier molecular flexibility index (Phi) is 3.94. The van der Waals surface area contributed by atoms with Gasteiger partial charge in [0.15, 0.2) is 0 Å². The van der Waals surface area contributed by atoms with Crippen molar-refractivity contribution in [2.75, 3.05) is 7.05 Å². The molecule has 0 aromatic carbocycles. The first-order chi connectivity index (χ1) is 5.00. The smallest absolute Gasteiger partial charge is 0.0462 e. The van der Waals surface area contributed by atoms with Crippen LogP contribution in [0.4, 0.5) is 0 Å². The van der Waals surface area contributed by atoms with Gasteiger partial charge in [0.1, 0.15) is 0 Å². The van der Waals surface area contributed by atoms with Crippen molar-refractivity contribution < 1.29 is 0 Å². The Bertz CT molecular complexity index is 168. The quantitative estimate of drug-likeness (QED) is 0.563. The number of likely N-dealkylation sites (N-methyl/N-ethyl adjacent to an activating group) is 1. The van der Waals surface area contributed by atoms with Gasteiger partial charge in [-0.3, -0.25) is 0 Å². The van der Waals surface area contributed by atoms with Crippen molar-refractivity contribution in [1.29, 1.82) is 0 Å². The summed E-state index contributed by atoms with van der Waals surface area (Å²) in [7, 11) is 2.09. The molecule has 0 radical (unpaired) electrons. The zero-order valence-electron chi connectivity index (χ0n) is 8.31. The molecule has 1 heteroatoms. The third-order valence-electron chi connectivity index (χ3n) is 2.27. The van der Waals surface area contributed by atoms with Crippen molar-refractivity contribution >= 4 is 0 Å². The predicted molar refractivity (Wildman–Crippen MR) is 51.5 cm³/mol. The Morgan fingerprint density at radius 2 is 1.91 bits per heavy atom. The monoisotopic (exact) mass is 153 g/mol. The van der Waals surface area contributed by atoms with Crippen LogP contribution in [0.5, 0.6) is 0 Å². The molecule has 0 heterocycles. The predicted octanol–water partition coefficient (Wildman–Crippen LogP) is 2.81. The van der Waals surface area contributed by atoms with Crippen molar-refractivity contribution in [1.82, 2.24) is 4.90 Å². The Balaban J connectivity index is 4.24. The number of hydrogen-bond donors (Lipinski definition) is 0. The van der Waals surface area contributed by atoms with Crippen molar-refractivity contribution in [3.05, 3.63) is 23.9 Å². The molecular formula is C10H19N. The van der Waals surface area contributed by atoms with Gasteiger partial charge in [0, 0.05) is 18.8 Å². The van der Waals surface area contributed by atoms with Gasteiger partial charge in [0.05, 0.1) is 0 Å². The fraction of sp³-hybridized carbons (Fsp3) is 0.600. The lowest BCUT2D eigenvalue weighted by Crippen LogP contribution is -2.27. The van der Waals surface area contributed by atoms with Crippen LogP contribution in [0.25, 0.3) is 0 Å². The van der Waals surface area contributed by atoms with Gasteiger partial charge in [0.25, 0.3) is 0 Å². The lowest BCUT2D eigenvalue weighted by Gasteiger charge is -2.27. The van der Waals surface area contributed by atoms with Gasteiger partial charge in [-0.05, 0) is 27.7 Å². The first-order valence-electron chi connectivity index (χ1n) is 4.01. The van der Waals surface area contributed by atoms with Crippen LogP contribution in [-0.4, -0.2) is 18.0 Å². The van der Waals surface area contributed by atoms with Crippen LogP contribution in [0.15, 0.2) is 23.9 Å². The average molecular weight is 153 g/mol. The summed E-state index contributed by atoms with van der Waals surface area (Å²) in [6, 6.07) is 0.436. The maximum absolute atomic E-state index is 3.92. The first-order valence-corrected chi connectivity index (χ1v) is 4.01. The van der Waals surface area contributed by atoms with Gasteiger partial charge in [-0.15, -0.1) is 0 Å². The average Bonchev–Trinajstić information content (AvgIpc) is 2.00. The second kappa shape index (κ2) is 4.22. The van der Waals surface area contributed by atoms with Gasteiger partial charge >= 0.3 is 0 Å². The highest BCUT2D eigenvalue weighted by atomic mass is 15.1. The lowest BCUT2D eigenvalue weighted by atomic mass is 10.1. The summed E-state index contributed by atoms with van der Waals surface area (Å²) in [6.45, 7) is 12.3. The molecule has 0 N–H and O–H groups in total. The van der Waals surface area contributed by atoms with Crippen LogP contribution in [0, 0.1) is 0 Å². The fourth-order valence-corrected chi connectivity index (χ4v) is 0.840. The number of allylic oxidation sites excluding steroid dienone is 2.